The average molecular weight is 267 g/mol. The van der Waals surface area contributed by atoms with Gasteiger partial charge in [-0.1, -0.05) is 25.7 Å². The molecule has 0 atom stereocenters. The third-order valence-corrected chi connectivity index (χ3v) is 5.03. The van der Waals surface area contributed by atoms with Crippen LogP contribution in [0.4, 0.5) is 0 Å². The van der Waals surface area contributed by atoms with Gasteiger partial charge in [0.15, 0.2) is 0 Å². The third kappa shape index (κ3) is 4.15. The van der Waals surface area contributed by atoms with Crippen molar-refractivity contribution in [2.24, 2.45) is 5.92 Å². The molecule has 2 heteroatoms. The second-order valence-corrected chi connectivity index (χ2v) is 11.5. The first-order chi connectivity index (χ1) is 8.56. The van der Waals surface area contributed by atoms with Crippen LogP contribution in [-0.4, -0.2) is 8.32 Å². The lowest BCUT2D eigenvalue weighted by atomic mass is 9.83. The van der Waals surface area contributed by atoms with Crippen LogP contribution in [0.1, 0.15) is 64.2 Å². The number of allylic oxidation sites excluding steroid dienone is 2. The molecule has 0 aliphatic heterocycles. The van der Waals surface area contributed by atoms with Gasteiger partial charge >= 0.3 is 0 Å². The van der Waals surface area contributed by atoms with E-state index in [1.54, 1.807) is 5.57 Å². The minimum absolute atomic E-state index is 0.763. The summed E-state index contributed by atoms with van der Waals surface area (Å²) in [5, 5.41) is 0. The van der Waals surface area contributed by atoms with Crippen molar-refractivity contribution in [2.45, 2.75) is 83.8 Å². The monoisotopic (exact) mass is 266 g/mol. The van der Waals surface area contributed by atoms with Crippen molar-refractivity contribution in [3.8, 4) is 0 Å². The molecule has 0 saturated heterocycles. The summed E-state index contributed by atoms with van der Waals surface area (Å²) in [6, 6.07) is 0. The van der Waals surface area contributed by atoms with Gasteiger partial charge in [0.2, 0.25) is 8.32 Å². The molecule has 0 unspecified atom stereocenters. The lowest BCUT2D eigenvalue weighted by molar-refractivity contribution is 0.274. The Bertz CT molecular complexity index is 287. The maximum absolute atomic E-state index is 6.54. The average Bonchev–Trinajstić information content (AvgIpc) is 2.37. The summed E-state index contributed by atoms with van der Waals surface area (Å²) in [4.78, 5) is 0. The maximum atomic E-state index is 6.54. The van der Waals surface area contributed by atoms with Gasteiger partial charge < -0.3 is 4.43 Å². The van der Waals surface area contributed by atoms with Gasteiger partial charge in [-0.05, 0) is 63.7 Å². The molecule has 104 valence electrons. The highest BCUT2D eigenvalue weighted by Gasteiger charge is 2.27. The number of hydrogen-bond donors (Lipinski definition) is 0. The summed E-state index contributed by atoms with van der Waals surface area (Å²) in [5.74, 6) is 2.23. The maximum Gasteiger partial charge on any atom is 0.241 e. The smallest absolute Gasteiger partial charge is 0.241 e. The zero-order chi connectivity index (χ0) is 13.0. The van der Waals surface area contributed by atoms with Gasteiger partial charge in [-0.2, -0.15) is 0 Å². The molecule has 0 amide bonds. The van der Waals surface area contributed by atoms with E-state index in [0.717, 1.165) is 5.92 Å². The highest BCUT2D eigenvalue weighted by atomic mass is 28.4. The summed E-state index contributed by atoms with van der Waals surface area (Å²) in [5.41, 5.74) is 1.69. The van der Waals surface area contributed by atoms with Crippen LogP contribution in [0, 0.1) is 5.92 Å². The first-order valence-electron chi connectivity index (χ1n) is 7.97. The first kappa shape index (κ1) is 14.2. The Kier molecular flexibility index (Phi) is 4.94. The molecule has 0 spiro atoms. The molecular formula is C16H30OSi. The zero-order valence-corrected chi connectivity index (χ0v) is 13.6. The first-order valence-corrected chi connectivity index (χ1v) is 11.4. The molecule has 0 bridgehead atoms. The normalized spacial score (nSPS) is 22.9. The van der Waals surface area contributed by atoms with E-state index < -0.39 is 8.32 Å². The Hall–Kier alpha value is -0.243. The Morgan fingerprint density at radius 2 is 1.44 bits per heavy atom. The van der Waals surface area contributed by atoms with E-state index in [4.69, 9.17) is 4.43 Å². The predicted octanol–water partition coefficient (Wildman–Crippen LogP) is 5.64. The van der Waals surface area contributed by atoms with Gasteiger partial charge in [0, 0.05) is 5.92 Å². The summed E-state index contributed by atoms with van der Waals surface area (Å²) in [6.45, 7) is 7.00. The minimum atomic E-state index is -1.45. The van der Waals surface area contributed by atoms with Crippen LogP contribution in [0.3, 0.4) is 0 Å². The third-order valence-electron chi connectivity index (χ3n) is 4.20. The Morgan fingerprint density at radius 3 is 2.00 bits per heavy atom. The van der Waals surface area contributed by atoms with Crippen LogP contribution < -0.4 is 0 Å². The van der Waals surface area contributed by atoms with Gasteiger partial charge in [0.05, 0.1) is 5.76 Å². The molecule has 2 saturated carbocycles. The highest BCUT2D eigenvalue weighted by Crippen LogP contribution is 2.37. The molecule has 0 heterocycles. The SMILES string of the molecule is C[Si](C)(C)OC(=C1CCCCC1)C1CCCCC1. The molecule has 0 aromatic heterocycles. The number of rotatable bonds is 3. The van der Waals surface area contributed by atoms with Crippen LogP contribution in [0.2, 0.25) is 19.6 Å². The van der Waals surface area contributed by atoms with E-state index in [1.807, 2.05) is 0 Å². The molecule has 2 aliphatic carbocycles. The Balaban J connectivity index is 2.15. The van der Waals surface area contributed by atoms with Gasteiger partial charge in [-0.25, -0.2) is 0 Å². The second kappa shape index (κ2) is 6.27. The molecule has 2 fully saturated rings. The fourth-order valence-electron chi connectivity index (χ4n) is 3.36. The van der Waals surface area contributed by atoms with Crippen molar-refractivity contribution in [1.82, 2.24) is 0 Å². The standard InChI is InChI=1S/C16H30OSi/c1-18(2,3)17-16(14-10-6-4-7-11-14)15-12-8-5-9-13-15/h14H,4-13H2,1-3H3. The Morgan fingerprint density at radius 1 is 0.889 bits per heavy atom. The predicted molar refractivity (Wildman–Crippen MR) is 81.1 cm³/mol. The van der Waals surface area contributed by atoms with Crippen LogP contribution in [0.15, 0.2) is 11.3 Å². The van der Waals surface area contributed by atoms with E-state index in [9.17, 15) is 0 Å². The molecule has 0 aromatic rings. The van der Waals surface area contributed by atoms with Crippen LogP contribution in [0.5, 0.6) is 0 Å². The van der Waals surface area contributed by atoms with Crippen LogP contribution >= 0.6 is 0 Å². The van der Waals surface area contributed by atoms with Gasteiger partial charge in [-0.15, -0.1) is 0 Å². The summed E-state index contributed by atoms with van der Waals surface area (Å²) >= 11 is 0. The lowest BCUT2D eigenvalue weighted by Gasteiger charge is -2.33. The van der Waals surface area contributed by atoms with Gasteiger partial charge in [-0.3, -0.25) is 0 Å². The van der Waals surface area contributed by atoms with Crippen molar-refractivity contribution < 1.29 is 4.43 Å². The van der Waals surface area contributed by atoms with Crippen molar-refractivity contribution in [3.63, 3.8) is 0 Å². The lowest BCUT2D eigenvalue weighted by Crippen LogP contribution is -2.29. The van der Waals surface area contributed by atoms with Crippen molar-refractivity contribution in [1.29, 1.82) is 0 Å². The fourth-order valence-corrected chi connectivity index (χ4v) is 4.33. The van der Waals surface area contributed by atoms with Crippen molar-refractivity contribution in [2.75, 3.05) is 0 Å². The van der Waals surface area contributed by atoms with E-state index in [2.05, 4.69) is 19.6 Å². The van der Waals surface area contributed by atoms with Crippen LogP contribution in [-0.2, 0) is 4.43 Å². The molecule has 0 N–H and O–H groups in total. The summed E-state index contributed by atoms with van der Waals surface area (Å²) < 4.78 is 6.54. The largest absolute Gasteiger partial charge is 0.547 e. The van der Waals surface area contributed by atoms with Crippen LogP contribution in [0.25, 0.3) is 0 Å². The molecule has 1 nitrogen and oxygen atoms in total. The molecule has 0 radical (unpaired) electrons. The minimum Gasteiger partial charge on any atom is -0.547 e. The van der Waals surface area contributed by atoms with E-state index in [-0.39, 0.29) is 0 Å². The Labute approximate surface area is 114 Å². The number of hydrogen-bond acceptors (Lipinski definition) is 1. The summed E-state index contributed by atoms with van der Waals surface area (Å²) in [6.07, 6.45) is 13.9. The summed E-state index contributed by atoms with van der Waals surface area (Å²) in [7, 11) is -1.45. The van der Waals surface area contributed by atoms with E-state index in [0.29, 0.717) is 0 Å². The zero-order valence-electron chi connectivity index (χ0n) is 12.6. The van der Waals surface area contributed by atoms with E-state index in [1.165, 1.54) is 70.0 Å². The fraction of sp³-hybridized carbons (Fsp3) is 0.875. The molecule has 0 aromatic carbocycles. The second-order valence-electron chi connectivity index (χ2n) is 7.08. The molecule has 2 rings (SSSR count). The quantitative estimate of drug-likeness (QED) is 0.475. The molecule has 18 heavy (non-hydrogen) atoms. The molecular weight excluding hydrogens is 236 g/mol. The van der Waals surface area contributed by atoms with E-state index >= 15 is 0 Å². The van der Waals surface area contributed by atoms with Crippen molar-refractivity contribution >= 4 is 8.32 Å². The molecule has 2 aliphatic rings. The van der Waals surface area contributed by atoms with Gasteiger partial charge in [0.1, 0.15) is 0 Å². The topological polar surface area (TPSA) is 9.23 Å². The van der Waals surface area contributed by atoms with Gasteiger partial charge in [0.25, 0.3) is 0 Å². The highest BCUT2D eigenvalue weighted by molar-refractivity contribution is 6.70. The van der Waals surface area contributed by atoms with Crippen molar-refractivity contribution in [3.05, 3.63) is 11.3 Å².